The maximum absolute atomic E-state index is 12.4. The molecule has 1 atom stereocenters. The van der Waals surface area contributed by atoms with Crippen molar-refractivity contribution in [1.29, 1.82) is 0 Å². The summed E-state index contributed by atoms with van der Waals surface area (Å²) in [6, 6.07) is 0. The second-order valence-electron chi connectivity index (χ2n) is 2.26. The van der Waals surface area contributed by atoms with Crippen LogP contribution in [0.4, 0.5) is 8.78 Å². The molecule has 0 heterocycles. The third-order valence-electron chi connectivity index (χ3n) is 1.27. The Bertz CT molecular complexity index is 123. The molecule has 0 radical (unpaired) electrons. The molecule has 66 valence electrons. The van der Waals surface area contributed by atoms with Crippen LogP contribution in [0, 0.1) is 0 Å². The molecule has 0 aromatic carbocycles. The second kappa shape index (κ2) is 6.65. The lowest BCUT2D eigenvalue weighted by molar-refractivity contribution is 0.309. The van der Waals surface area contributed by atoms with Gasteiger partial charge in [-0.2, -0.15) is 0 Å². The zero-order valence-electron chi connectivity index (χ0n) is 6.94. The molecular formula is C8H14F2S. The summed E-state index contributed by atoms with van der Waals surface area (Å²) in [5.41, 5.74) is 0. The molecule has 0 amide bonds. The van der Waals surface area contributed by atoms with E-state index in [4.69, 9.17) is 0 Å². The first-order valence-electron chi connectivity index (χ1n) is 3.69. The number of hydrogen-bond acceptors (Lipinski definition) is 1. The molecule has 0 aromatic rings. The first kappa shape index (κ1) is 11.0. The van der Waals surface area contributed by atoms with Crippen LogP contribution in [0.5, 0.6) is 0 Å². The van der Waals surface area contributed by atoms with E-state index < -0.39 is 12.8 Å². The zero-order chi connectivity index (χ0) is 8.69. The fourth-order valence-corrected chi connectivity index (χ4v) is 1.44. The van der Waals surface area contributed by atoms with Crippen LogP contribution in [0.1, 0.15) is 19.8 Å². The molecule has 0 bridgehead atoms. The molecule has 0 spiro atoms. The first-order chi connectivity index (χ1) is 5.24. The minimum absolute atomic E-state index is 0.849. The Balaban J connectivity index is 3.88. The summed E-state index contributed by atoms with van der Waals surface area (Å²) in [7, 11) is 0. The van der Waals surface area contributed by atoms with Crippen LogP contribution in [0.3, 0.4) is 0 Å². The summed E-state index contributed by atoms with van der Waals surface area (Å²) in [5.74, 6) is 0. The number of allylic oxidation sites excluding steroid dienone is 2. The minimum atomic E-state index is -1.41. The van der Waals surface area contributed by atoms with Crippen molar-refractivity contribution in [3.05, 3.63) is 11.0 Å². The van der Waals surface area contributed by atoms with E-state index in [2.05, 4.69) is 0 Å². The first-order valence-corrected chi connectivity index (χ1v) is 4.91. The summed E-state index contributed by atoms with van der Waals surface area (Å²) in [4.78, 5) is 0.942. The molecule has 0 nitrogen and oxygen atoms in total. The van der Waals surface area contributed by atoms with Crippen molar-refractivity contribution in [2.75, 3.05) is 12.9 Å². The van der Waals surface area contributed by atoms with Crippen molar-refractivity contribution in [2.45, 2.75) is 25.9 Å². The van der Waals surface area contributed by atoms with Gasteiger partial charge in [-0.15, -0.1) is 11.8 Å². The summed E-state index contributed by atoms with van der Waals surface area (Å²) in [5, 5.41) is 0. The molecule has 0 saturated heterocycles. The highest BCUT2D eigenvalue weighted by Crippen LogP contribution is 2.19. The molecule has 0 fully saturated rings. The van der Waals surface area contributed by atoms with Gasteiger partial charge in [0.1, 0.15) is 12.8 Å². The number of thioether (sulfide) groups is 1. The molecule has 0 aromatic heterocycles. The van der Waals surface area contributed by atoms with Crippen molar-refractivity contribution in [2.24, 2.45) is 0 Å². The maximum atomic E-state index is 12.4. The van der Waals surface area contributed by atoms with Crippen molar-refractivity contribution in [3.63, 3.8) is 0 Å². The summed E-state index contributed by atoms with van der Waals surface area (Å²) >= 11 is 1.49. The van der Waals surface area contributed by atoms with Gasteiger partial charge in [0.25, 0.3) is 0 Å². The van der Waals surface area contributed by atoms with Crippen LogP contribution in [-0.2, 0) is 0 Å². The Labute approximate surface area is 71.1 Å². The molecule has 0 saturated carbocycles. The second-order valence-corrected chi connectivity index (χ2v) is 3.19. The highest BCUT2D eigenvalue weighted by molar-refractivity contribution is 8.02. The molecule has 0 N–H and O–H groups in total. The van der Waals surface area contributed by atoms with Gasteiger partial charge in [0.15, 0.2) is 0 Å². The fraction of sp³-hybridized carbons (Fsp3) is 0.750. The van der Waals surface area contributed by atoms with E-state index in [9.17, 15) is 8.78 Å². The van der Waals surface area contributed by atoms with E-state index in [1.165, 1.54) is 17.8 Å². The Morgan fingerprint density at radius 3 is 2.64 bits per heavy atom. The van der Waals surface area contributed by atoms with Gasteiger partial charge in [-0.05, 0) is 23.7 Å². The van der Waals surface area contributed by atoms with Crippen molar-refractivity contribution >= 4 is 11.8 Å². The van der Waals surface area contributed by atoms with E-state index in [-0.39, 0.29) is 0 Å². The monoisotopic (exact) mass is 180 g/mol. The highest BCUT2D eigenvalue weighted by Gasteiger charge is 2.02. The topological polar surface area (TPSA) is 0 Å². The van der Waals surface area contributed by atoms with E-state index in [1.54, 1.807) is 0 Å². The van der Waals surface area contributed by atoms with Crippen molar-refractivity contribution in [1.82, 2.24) is 0 Å². The van der Waals surface area contributed by atoms with Gasteiger partial charge < -0.3 is 0 Å². The average molecular weight is 180 g/mol. The average Bonchev–Trinajstić information content (AvgIpc) is 2.03. The molecule has 1 unspecified atom stereocenters. The highest BCUT2D eigenvalue weighted by atomic mass is 32.2. The summed E-state index contributed by atoms with van der Waals surface area (Å²) < 4.78 is 24.1. The third kappa shape index (κ3) is 5.24. The van der Waals surface area contributed by atoms with Crippen LogP contribution >= 0.6 is 11.8 Å². The quantitative estimate of drug-likeness (QED) is 0.625. The maximum Gasteiger partial charge on any atom is 0.148 e. The summed E-state index contributed by atoms with van der Waals surface area (Å²) in [6.07, 6.45) is 3.66. The van der Waals surface area contributed by atoms with Gasteiger partial charge in [-0.1, -0.05) is 13.3 Å². The lowest BCUT2D eigenvalue weighted by atomic mass is 10.3. The van der Waals surface area contributed by atoms with Gasteiger partial charge in [0, 0.05) is 0 Å². The van der Waals surface area contributed by atoms with Gasteiger partial charge in [-0.25, -0.2) is 8.78 Å². The summed E-state index contributed by atoms with van der Waals surface area (Å²) in [6.45, 7) is 1.11. The number of alkyl halides is 2. The molecule has 0 aliphatic rings. The number of rotatable bonds is 5. The molecular weight excluding hydrogens is 166 g/mol. The molecule has 0 aliphatic carbocycles. The molecule has 0 aliphatic heterocycles. The Hall–Kier alpha value is -0.0500. The van der Waals surface area contributed by atoms with Gasteiger partial charge in [-0.3, -0.25) is 0 Å². The van der Waals surface area contributed by atoms with E-state index in [0.717, 1.165) is 17.7 Å². The van der Waals surface area contributed by atoms with E-state index >= 15 is 0 Å². The molecule has 11 heavy (non-hydrogen) atoms. The largest absolute Gasteiger partial charge is 0.248 e. The fourth-order valence-electron chi connectivity index (χ4n) is 0.746. The predicted octanol–water partition coefficient (Wildman–Crippen LogP) is 3.34. The van der Waals surface area contributed by atoms with Crippen LogP contribution in [0.2, 0.25) is 0 Å². The minimum Gasteiger partial charge on any atom is -0.248 e. The third-order valence-corrected chi connectivity index (χ3v) is 2.14. The van der Waals surface area contributed by atoms with Gasteiger partial charge in [0.2, 0.25) is 0 Å². The van der Waals surface area contributed by atoms with E-state index in [0.29, 0.717) is 0 Å². The van der Waals surface area contributed by atoms with Crippen molar-refractivity contribution < 1.29 is 8.78 Å². The lowest BCUT2D eigenvalue weighted by Gasteiger charge is -2.02. The zero-order valence-corrected chi connectivity index (χ0v) is 7.76. The van der Waals surface area contributed by atoms with Crippen LogP contribution in [0.15, 0.2) is 11.0 Å². The van der Waals surface area contributed by atoms with Gasteiger partial charge in [0.05, 0.1) is 0 Å². The van der Waals surface area contributed by atoms with Gasteiger partial charge >= 0.3 is 0 Å². The van der Waals surface area contributed by atoms with E-state index in [1.807, 2.05) is 13.2 Å². The molecule has 3 heteroatoms. The van der Waals surface area contributed by atoms with Crippen LogP contribution in [0.25, 0.3) is 0 Å². The normalized spacial score (nSPS) is 15.1. The van der Waals surface area contributed by atoms with Crippen molar-refractivity contribution in [3.8, 4) is 0 Å². The predicted molar refractivity (Wildman–Crippen MR) is 47.4 cm³/mol. The molecule has 0 rings (SSSR count). The Morgan fingerprint density at radius 1 is 1.64 bits per heavy atom. The van der Waals surface area contributed by atoms with Crippen LogP contribution < -0.4 is 0 Å². The standard InChI is InChI=1S/C8H14F2S/c1-3-4-8(11-2)5-7(10)6-9/h5,7H,3-4,6H2,1-2H3/b8-5+. The Morgan fingerprint density at radius 2 is 2.27 bits per heavy atom. The number of halogens is 2. The SMILES string of the molecule is CCC/C(=C\C(F)CF)SC. The number of hydrogen-bond donors (Lipinski definition) is 0. The smallest absolute Gasteiger partial charge is 0.148 e. The lowest BCUT2D eigenvalue weighted by Crippen LogP contribution is -1.98. The van der Waals surface area contributed by atoms with Crippen LogP contribution in [-0.4, -0.2) is 19.1 Å². The Kier molecular flexibility index (Phi) is 6.62.